The zero-order chi connectivity index (χ0) is 18.1. The van der Waals surface area contributed by atoms with E-state index in [1.807, 2.05) is 54.7 Å². The zero-order valence-electron chi connectivity index (χ0n) is 14.9. The van der Waals surface area contributed by atoms with Crippen molar-refractivity contribution < 1.29 is 14.3 Å². The van der Waals surface area contributed by atoms with Gasteiger partial charge < -0.3 is 14.5 Å². The molecule has 0 aliphatic heterocycles. The molecule has 1 unspecified atom stereocenters. The largest absolute Gasteiger partial charge is 0.493 e. The maximum atomic E-state index is 12.9. The van der Waals surface area contributed by atoms with Crippen molar-refractivity contribution in [2.75, 3.05) is 14.2 Å². The van der Waals surface area contributed by atoms with Crippen molar-refractivity contribution in [3.63, 3.8) is 0 Å². The molecule has 1 atom stereocenters. The van der Waals surface area contributed by atoms with Crippen molar-refractivity contribution in [3.05, 3.63) is 71.5 Å². The van der Waals surface area contributed by atoms with Crippen molar-refractivity contribution in [3.8, 4) is 22.6 Å². The van der Waals surface area contributed by atoms with Crippen LogP contribution in [0.3, 0.4) is 0 Å². The van der Waals surface area contributed by atoms with Gasteiger partial charge in [-0.3, -0.25) is 4.79 Å². The maximum Gasteiger partial charge on any atom is 0.165 e. The van der Waals surface area contributed by atoms with Crippen LogP contribution < -0.4 is 9.47 Å². The monoisotopic (exact) mass is 347 g/mol. The van der Waals surface area contributed by atoms with Crippen LogP contribution >= 0.6 is 0 Å². The third-order valence-corrected chi connectivity index (χ3v) is 5.09. The second kappa shape index (κ2) is 6.71. The quantitative estimate of drug-likeness (QED) is 0.750. The Balaban J connectivity index is 1.68. The van der Waals surface area contributed by atoms with E-state index in [-0.39, 0.29) is 11.7 Å². The summed E-state index contributed by atoms with van der Waals surface area (Å²) in [5, 5.41) is 0. The molecule has 4 nitrogen and oxygen atoms in total. The SMILES string of the molecule is COc1ccc(C2CC(=O)c3c(-c4ccccc4)c[nH]c3C2)cc1OC. The molecule has 3 aromatic rings. The fourth-order valence-electron chi connectivity index (χ4n) is 3.78. The molecule has 4 rings (SSSR count). The fraction of sp³-hybridized carbons (Fsp3) is 0.227. The Labute approximate surface area is 152 Å². The summed E-state index contributed by atoms with van der Waals surface area (Å²) in [4.78, 5) is 16.3. The number of benzene rings is 2. The van der Waals surface area contributed by atoms with Gasteiger partial charge in [-0.2, -0.15) is 0 Å². The number of aromatic amines is 1. The molecule has 0 saturated carbocycles. The zero-order valence-corrected chi connectivity index (χ0v) is 14.9. The maximum absolute atomic E-state index is 12.9. The first-order valence-electron chi connectivity index (χ1n) is 8.72. The van der Waals surface area contributed by atoms with Gasteiger partial charge in [0.15, 0.2) is 17.3 Å². The molecule has 26 heavy (non-hydrogen) atoms. The topological polar surface area (TPSA) is 51.3 Å². The summed E-state index contributed by atoms with van der Waals surface area (Å²) < 4.78 is 10.7. The van der Waals surface area contributed by atoms with Crippen molar-refractivity contribution in [2.24, 2.45) is 0 Å². The van der Waals surface area contributed by atoms with Gasteiger partial charge in [-0.1, -0.05) is 36.4 Å². The first kappa shape index (κ1) is 16.5. The van der Waals surface area contributed by atoms with Gasteiger partial charge >= 0.3 is 0 Å². The van der Waals surface area contributed by atoms with Gasteiger partial charge in [0.05, 0.1) is 14.2 Å². The molecule has 0 spiro atoms. The Bertz CT molecular complexity index is 943. The molecule has 0 radical (unpaired) electrons. The molecular weight excluding hydrogens is 326 g/mol. The molecule has 132 valence electrons. The normalized spacial score (nSPS) is 16.2. The number of hydrogen-bond acceptors (Lipinski definition) is 3. The molecule has 4 heteroatoms. The lowest BCUT2D eigenvalue weighted by Crippen LogP contribution is -2.18. The Morgan fingerprint density at radius 3 is 2.46 bits per heavy atom. The molecule has 1 aliphatic carbocycles. The number of hydrogen-bond donors (Lipinski definition) is 1. The van der Waals surface area contributed by atoms with Crippen molar-refractivity contribution in [2.45, 2.75) is 18.8 Å². The third-order valence-electron chi connectivity index (χ3n) is 5.09. The number of carbonyl (C=O) groups is 1. The van der Waals surface area contributed by atoms with Crippen LogP contribution in [-0.4, -0.2) is 25.0 Å². The van der Waals surface area contributed by atoms with E-state index in [9.17, 15) is 4.79 Å². The number of carbonyl (C=O) groups excluding carboxylic acids is 1. The molecule has 0 saturated heterocycles. The first-order chi connectivity index (χ1) is 12.7. The standard InChI is InChI=1S/C22H21NO3/c1-25-20-9-8-15(12-21(20)26-2)16-10-18-22(19(24)11-16)17(13-23-18)14-6-4-3-5-7-14/h3-9,12-13,16,23H,10-11H2,1-2H3. The Morgan fingerprint density at radius 2 is 1.73 bits per heavy atom. The van der Waals surface area contributed by atoms with E-state index in [1.54, 1.807) is 14.2 Å². The van der Waals surface area contributed by atoms with E-state index in [4.69, 9.17) is 9.47 Å². The summed E-state index contributed by atoms with van der Waals surface area (Å²) in [5.41, 5.74) is 5.02. The van der Waals surface area contributed by atoms with Crippen LogP contribution in [0, 0.1) is 0 Å². The number of methoxy groups -OCH3 is 2. The molecule has 1 N–H and O–H groups in total. The lowest BCUT2D eigenvalue weighted by atomic mass is 9.80. The van der Waals surface area contributed by atoms with Gasteiger partial charge in [-0.15, -0.1) is 0 Å². The van der Waals surface area contributed by atoms with Crippen LogP contribution in [0.5, 0.6) is 11.5 Å². The molecule has 2 aromatic carbocycles. The summed E-state index contributed by atoms with van der Waals surface area (Å²) in [6.45, 7) is 0. The molecule has 1 heterocycles. The minimum atomic E-state index is 0.136. The summed E-state index contributed by atoms with van der Waals surface area (Å²) in [6, 6.07) is 15.9. The van der Waals surface area contributed by atoms with Gasteiger partial charge in [0, 0.05) is 29.4 Å². The number of ketones is 1. The lowest BCUT2D eigenvalue weighted by molar-refractivity contribution is 0.0964. The predicted octanol–water partition coefficient (Wildman–Crippen LogP) is 4.61. The smallest absolute Gasteiger partial charge is 0.165 e. The van der Waals surface area contributed by atoms with Crippen LogP contribution in [0.4, 0.5) is 0 Å². The molecule has 0 amide bonds. The van der Waals surface area contributed by atoms with E-state index in [2.05, 4.69) is 4.98 Å². The lowest BCUT2D eigenvalue weighted by Gasteiger charge is -2.23. The predicted molar refractivity (Wildman–Crippen MR) is 101 cm³/mol. The van der Waals surface area contributed by atoms with Crippen LogP contribution in [-0.2, 0) is 6.42 Å². The second-order valence-corrected chi connectivity index (χ2v) is 6.56. The number of nitrogens with one attached hydrogen (secondary N) is 1. The minimum Gasteiger partial charge on any atom is -0.493 e. The van der Waals surface area contributed by atoms with Crippen LogP contribution in [0.25, 0.3) is 11.1 Å². The third kappa shape index (κ3) is 2.77. The van der Waals surface area contributed by atoms with E-state index in [1.165, 1.54) is 0 Å². The summed E-state index contributed by atoms with van der Waals surface area (Å²) in [5.74, 6) is 1.72. The number of rotatable bonds is 4. The Hall–Kier alpha value is -3.01. The van der Waals surface area contributed by atoms with Crippen LogP contribution in [0.15, 0.2) is 54.7 Å². The number of Topliss-reactive ketones (excluding diaryl/α,β-unsaturated/α-hetero) is 1. The van der Waals surface area contributed by atoms with E-state index >= 15 is 0 Å². The first-order valence-corrected chi connectivity index (χ1v) is 8.72. The summed E-state index contributed by atoms with van der Waals surface area (Å²) >= 11 is 0. The van der Waals surface area contributed by atoms with Crippen LogP contribution in [0.1, 0.15) is 34.0 Å². The summed E-state index contributed by atoms with van der Waals surface area (Å²) in [6.07, 6.45) is 3.26. The van der Waals surface area contributed by atoms with Gasteiger partial charge in [0.2, 0.25) is 0 Å². The molecule has 0 bridgehead atoms. The number of ether oxygens (including phenoxy) is 2. The molecule has 0 fully saturated rings. The molecular formula is C22H21NO3. The highest BCUT2D eigenvalue weighted by Crippen LogP contribution is 2.39. The average molecular weight is 347 g/mol. The van der Waals surface area contributed by atoms with Gasteiger partial charge in [-0.05, 0) is 35.6 Å². The highest BCUT2D eigenvalue weighted by Gasteiger charge is 2.30. The number of H-pyrrole nitrogens is 1. The highest BCUT2D eigenvalue weighted by atomic mass is 16.5. The van der Waals surface area contributed by atoms with Crippen molar-refractivity contribution >= 4 is 5.78 Å². The minimum absolute atomic E-state index is 0.136. The van der Waals surface area contributed by atoms with E-state index < -0.39 is 0 Å². The average Bonchev–Trinajstić information content (AvgIpc) is 3.12. The van der Waals surface area contributed by atoms with E-state index in [0.717, 1.165) is 34.4 Å². The Kier molecular flexibility index (Phi) is 4.25. The number of aromatic nitrogens is 1. The van der Waals surface area contributed by atoms with Gasteiger partial charge in [0.25, 0.3) is 0 Å². The van der Waals surface area contributed by atoms with Gasteiger partial charge in [0.1, 0.15) is 0 Å². The summed E-state index contributed by atoms with van der Waals surface area (Å²) in [7, 11) is 3.25. The molecule has 1 aromatic heterocycles. The molecule has 1 aliphatic rings. The van der Waals surface area contributed by atoms with Crippen molar-refractivity contribution in [1.29, 1.82) is 0 Å². The second-order valence-electron chi connectivity index (χ2n) is 6.56. The number of fused-ring (bicyclic) bond motifs is 1. The fourth-order valence-corrected chi connectivity index (χ4v) is 3.78. The van der Waals surface area contributed by atoms with Crippen molar-refractivity contribution in [1.82, 2.24) is 4.98 Å². The van der Waals surface area contributed by atoms with Gasteiger partial charge in [-0.25, -0.2) is 0 Å². The van der Waals surface area contributed by atoms with E-state index in [0.29, 0.717) is 17.9 Å². The Morgan fingerprint density at radius 1 is 0.962 bits per heavy atom. The highest BCUT2D eigenvalue weighted by molar-refractivity contribution is 6.05. The van der Waals surface area contributed by atoms with Crippen LogP contribution in [0.2, 0.25) is 0 Å².